The van der Waals surface area contributed by atoms with E-state index in [1.54, 1.807) is 12.2 Å². The molecular weight excluding hydrogens is 162 g/mol. The lowest BCUT2D eigenvalue weighted by Crippen LogP contribution is -2.46. The lowest BCUT2D eigenvalue weighted by molar-refractivity contribution is -0.118. The summed E-state index contributed by atoms with van der Waals surface area (Å²) in [4.78, 5) is 11.3. The summed E-state index contributed by atoms with van der Waals surface area (Å²) in [7, 11) is 0. The van der Waals surface area contributed by atoms with Crippen LogP contribution in [0.15, 0.2) is 12.2 Å². The van der Waals surface area contributed by atoms with Gasteiger partial charge in [-0.3, -0.25) is 4.79 Å². The zero-order valence-corrected chi connectivity index (χ0v) is 9.18. The predicted molar refractivity (Wildman–Crippen MR) is 56.6 cm³/mol. The second-order valence-electron chi connectivity index (χ2n) is 3.33. The summed E-state index contributed by atoms with van der Waals surface area (Å²) in [5.41, 5.74) is -0.00338. The maximum absolute atomic E-state index is 11.3. The number of hydrogen-bond donors (Lipinski definition) is 1. The third-order valence-electron chi connectivity index (χ3n) is 2.74. The molecule has 2 heteroatoms. The van der Waals surface area contributed by atoms with Gasteiger partial charge in [-0.1, -0.05) is 26.8 Å². The molecule has 1 N–H and O–H groups in total. The van der Waals surface area contributed by atoms with E-state index in [2.05, 4.69) is 26.1 Å². The van der Waals surface area contributed by atoms with E-state index >= 15 is 0 Å². The molecule has 0 rings (SSSR count). The minimum Gasteiger partial charge on any atom is -0.347 e. The maximum Gasteiger partial charge on any atom is 0.244 e. The zero-order valence-electron chi connectivity index (χ0n) is 9.18. The molecule has 0 aliphatic rings. The molecular formula is C11H21NO. The average Bonchev–Trinajstić information content (AvgIpc) is 2.15. The normalized spacial score (nSPS) is 12.0. The third kappa shape index (κ3) is 3.62. The van der Waals surface area contributed by atoms with E-state index in [1.807, 2.05) is 6.92 Å². The van der Waals surface area contributed by atoms with E-state index < -0.39 is 0 Å². The molecule has 0 aromatic rings. The average molecular weight is 183 g/mol. The van der Waals surface area contributed by atoms with Crippen LogP contribution in [-0.2, 0) is 4.79 Å². The molecule has 0 bridgehead atoms. The molecule has 0 radical (unpaired) electrons. The molecule has 13 heavy (non-hydrogen) atoms. The summed E-state index contributed by atoms with van der Waals surface area (Å²) in [6.07, 6.45) is 6.31. The van der Waals surface area contributed by atoms with Crippen molar-refractivity contribution in [2.45, 2.75) is 52.5 Å². The van der Waals surface area contributed by atoms with Crippen molar-refractivity contribution in [3.8, 4) is 0 Å². The Bertz CT molecular complexity index is 172. The molecule has 0 aromatic heterocycles. The van der Waals surface area contributed by atoms with Crippen LogP contribution in [0.3, 0.4) is 0 Å². The highest BCUT2D eigenvalue weighted by Crippen LogP contribution is 2.18. The van der Waals surface area contributed by atoms with Crippen LogP contribution in [0.25, 0.3) is 0 Å². The van der Waals surface area contributed by atoms with Crippen LogP contribution >= 0.6 is 0 Å². The van der Waals surface area contributed by atoms with Gasteiger partial charge in [0.25, 0.3) is 0 Å². The molecule has 1 amide bonds. The number of amides is 1. The van der Waals surface area contributed by atoms with Crippen molar-refractivity contribution >= 4 is 5.91 Å². The molecule has 0 spiro atoms. The van der Waals surface area contributed by atoms with Crippen LogP contribution in [0.2, 0.25) is 0 Å². The molecule has 0 saturated carbocycles. The summed E-state index contributed by atoms with van der Waals surface area (Å²) in [6.45, 7) is 8.19. The van der Waals surface area contributed by atoms with Crippen molar-refractivity contribution < 1.29 is 4.79 Å². The molecule has 0 aliphatic carbocycles. The lowest BCUT2D eigenvalue weighted by Gasteiger charge is -2.31. The van der Waals surface area contributed by atoms with Gasteiger partial charge < -0.3 is 5.32 Å². The van der Waals surface area contributed by atoms with Gasteiger partial charge in [0, 0.05) is 5.54 Å². The Morgan fingerprint density at radius 1 is 1.23 bits per heavy atom. The van der Waals surface area contributed by atoms with Gasteiger partial charge in [0.2, 0.25) is 5.91 Å². The van der Waals surface area contributed by atoms with E-state index in [0.29, 0.717) is 0 Å². The fourth-order valence-electron chi connectivity index (χ4n) is 1.47. The molecule has 0 unspecified atom stereocenters. The van der Waals surface area contributed by atoms with Gasteiger partial charge in [0.15, 0.2) is 0 Å². The predicted octanol–water partition coefficient (Wildman–Crippen LogP) is 2.65. The van der Waals surface area contributed by atoms with E-state index in [0.717, 1.165) is 19.3 Å². The van der Waals surface area contributed by atoms with Gasteiger partial charge in [0.05, 0.1) is 0 Å². The number of nitrogens with one attached hydrogen (secondary N) is 1. The molecule has 2 nitrogen and oxygen atoms in total. The number of hydrogen-bond acceptors (Lipinski definition) is 1. The zero-order chi connectivity index (χ0) is 10.3. The van der Waals surface area contributed by atoms with Gasteiger partial charge in [-0.2, -0.15) is 0 Å². The first-order valence-corrected chi connectivity index (χ1v) is 5.09. The molecule has 0 aromatic carbocycles. The Morgan fingerprint density at radius 2 is 1.69 bits per heavy atom. The maximum atomic E-state index is 11.3. The minimum atomic E-state index is -0.00338. The Kier molecular flexibility index (Phi) is 5.44. The fraction of sp³-hybridized carbons (Fsp3) is 0.727. The largest absolute Gasteiger partial charge is 0.347 e. The SMILES string of the molecule is CC=CC(=O)NC(CC)(CC)CC. The lowest BCUT2D eigenvalue weighted by atomic mass is 9.90. The first-order valence-electron chi connectivity index (χ1n) is 5.09. The summed E-state index contributed by atoms with van der Waals surface area (Å²) in [5, 5.41) is 3.05. The second kappa shape index (κ2) is 5.79. The van der Waals surface area contributed by atoms with Crippen LogP contribution in [0.4, 0.5) is 0 Å². The van der Waals surface area contributed by atoms with E-state index in [4.69, 9.17) is 0 Å². The van der Waals surface area contributed by atoms with Gasteiger partial charge in [-0.25, -0.2) is 0 Å². The highest BCUT2D eigenvalue weighted by molar-refractivity contribution is 5.87. The van der Waals surface area contributed by atoms with Gasteiger partial charge >= 0.3 is 0 Å². The Hall–Kier alpha value is -0.790. The topological polar surface area (TPSA) is 29.1 Å². The molecule has 0 saturated heterocycles. The van der Waals surface area contributed by atoms with Crippen molar-refractivity contribution in [1.29, 1.82) is 0 Å². The van der Waals surface area contributed by atoms with Crippen molar-refractivity contribution in [2.75, 3.05) is 0 Å². The van der Waals surface area contributed by atoms with Crippen molar-refractivity contribution in [3.63, 3.8) is 0 Å². The van der Waals surface area contributed by atoms with Gasteiger partial charge in [-0.15, -0.1) is 0 Å². The van der Waals surface area contributed by atoms with Crippen LogP contribution in [0.5, 0.6) is 0 Å². The quantitative estimate of drug-likeness (QED) is 0.652. The highest BCUT2D eigenvalue weighted by Gasteiger charge is 2.24. The number of allylic oxidation sites excluding steroid dienone is 1. The first-order chi connectivity index (χ1) is 6.14. The summed E-state index contributed by atoms with van der Waals surface area (Å²) < 4.78 is 0. The minimum absolute atomic E-state index is 0.00338. The van der Waals surface area contributed by atoms with E-state index in [1.165, 1.54) is 0 Å². The summed E-state index contributed by atoms with van der Waals surface area (Å²) >= 11 is 0. The van der Waals surface area contributed by atoms with Crippen LogP contribution in [0.1, 0.15) is 47.0 Å². The second-order valence-corrected chi connectivity index (χ2v) is 3.33. The summed E-state index contributed by atoms with van der Waals surface area (Å²) in [5.74, 6) is 0.0213. The van der Waals surface area contributed by atoms with Crippen LogP contribution in [-0.4, -0.2) is 11.4 Å². The number of carbonyl (C=O) groups excluding carboxylic acids is 1. The molecule has 76 valence electrons. The number of carbonyl (C=O) groups is 1. The molecule has 0 heterocycles. The van der Waals surface area contributed by atoms with Crippen molar-refractivity contribution in [1.82, 2.24) is 5.32 Å². The Balaban J connectivity index is 4.32. The monoisotopic (exact) mass is 183 g/mol. The fourth-order valence-corrected chi connectivity index (χ4v) is 1.47. The highest BCUT2D eigenvalue weighted by atomic mass is 16.1. The molecule has 0 atom stereocenters. The first kappa shape index (κ1) is 12.2. The third-order valence-corrected chi connectivity index (χ3v) is 2.74. The Labute approximate surface area is 81.4 Å². The standard InChI is InChI=1S/C11H21NO/c1-5-9-10(13)12-11(6-2,7-3)8-4/h5,9H,6-8H2,1-4H3,(H,12,13). The van der Waals surface area contributed by atoms with Gasteiger partial charge in [-0.05, 0) is 32.3 Å². The number of rotatable bonds is 5. The van der Waals surface area contributed by atoms with Gasteiger partial charge in [0.1, 0.15) is 0 Å². The summed E-state index contributed by atoms with van der Waals surface area (Å²) in [6, 6.07) is 0. The van der Waals surface area contributed by atoms with Crippen LogP contribution < -0.4 is 5.32 Å². The van der Waals surface area contributed by atoms with E-state index in [9.17, 15) is 4.79 Å². The molecule has 0 fully saturated rings. The Morgan fingerprint density at radius 3 is 2.00 bits per heavy atom. The van der Waals surface area contributed by atoms with Crippen molar-refractivity contribution in [3.05, 3.63) is 12.2 Å². The van der Waals surface area contributed by atoms with Crippen LogP contribution in [0, 0.1) is 0 Å². The van der Waals surface area contributed by atoms with E-state index in [-0.39, 0.29) is 11.4 Å². The molecule has 0 aliphatic heterocycles. The van der Waals surface area contributed by atoms with Crippen molar-refractivity contribution in [2.24, 2.45) is 0 Å². The smallest absolute Gasteiger partial charge is 0.244 e.